The first-order chi connectivity index (χ1) is 11.6. The number of rotatable bonds is 4. The van der Waals surface area contributed by atoms with Crippen LogP contribution in [0, 0.1) is 13.8 Å². The Bertz CT molecular complexity index is 726. The summed E-state index contributed by atoms with van der Waals surface area (Å²) < 4.78 is 11.7. The molecule has 0 atom stereocenters. The Labute approximate surface area is 141 Å². The van der Waals surface area contributed by atoms with Gasteiger partial charge in [0.1, 0.15) is 11.9 Å². The summed E-state index contributed by atoms with van der Waals surface area (Å²) in [6, 6.07) is 7.87. The molecule has 1 fully saturated rings. The highest BCUT2D eigenvalue weighted by Gasteiger charge is 2.22. The number of benzene rings is 1. The quantitative estimate of drug-likeness (QED) is 0.807. The fourth-order valence-corrected chi connectivity index (χ4v) is 3.00. The fraction of sp³-hybridized carbons (Fsp3) is 0.368. The van der Waals surface area contributed by atoms with E-state index in [1.54, 1.807) is 0 Å². The van der Waals surface area contributed by atoms with Crippen molar-refractivity contribution in [2.45, 2.75) is 32.8 Å². The number of amides is 1. The minimum absolute atomic E-state index is 0.00414. The van der Waals surface area contributed by atoms with Crippen LogP contribution in [0.1, 0.15) is 24.4 Å². The van der Waals surface area contributed by atoms with Crippen molar-refractivity contribution in [3.05, 3.63) is 48.5 Å². The molecule has 2 heterocycles. The molecular weight excluding hydrogens is 304 g/mol. The lowest BCUT2D eigenvalue weighted by molar-refractivity contribution is -0.127. The Morgan fingerprint density at radius 3 is 2.50 bits per heavy atom. The predicted molar refractivity (Wildman–Crippen MR) is 91.8 cm³/mol. The monoisotopic (exact) mass is 326 g/mol. The highest BCUT2D eigenvalue weighted by Crippen LogP contribution is 2.27. The summed E-state index contributed by atoms with van der Waals surface area (Å²) in [6.45, 7) is 8.74. The number of carbonyl (C=O) groups excluding carboxylic acids is 1. The molecule has 1 aromatic heterocycles. The maximum absolute atomic E-state index is 11.6. The molecule has 5 nitrogen and oxygen atoms in total. The molecule has 1 aliphatic heterocycles. The van der Waals surface area contributed by atoms with Crippen LogP contribution in [0.4, 0.5) is 0 Å². The number of likely N-dealkylation sites (tertiary alicyclic amines) is 1. The largest absolute Gasteiger partial charge is 0.490 e. The Hall–Kier alpha value is -2.56. The van der Waals surface area contributed by atoms with E-state index in [2.05, 4.69) is 11.6 Å². The number of ether oxygens (including phenoxy) is 1. The van der Waals surface area contributed by atoms with Gasteiger partial charge in [0.2, 0.25) is 5.91 Å². The highest BCUT2D eigenvalue weighted by atomic mass is 16.5. The van der Waals surface area contributed by atoms with Crippen molar-refractivity contribution in [3.63, 3.8) is 0 Å². The summed E-state index contributed by atoms with van der Waals surface area (Å²) in [4.78, 5) is 17.7. The standard InChI is InChI=1S/C19H22N2O3/c1-4-18(22)21-11-9-17(10-12-21)24-16-7-5-15(6-8-16)19-13(2)20-14(3)23-19/h4-8,17H,1,9-12H2,2-3H3. The summed E-state index contributed by atoms with van der Waals surface area (Å²) in [5.74, 6) is 2.30. The average Bonchev–Trinajstić information content (AvgIpc) is 2.94. The number of hydrogen-bond acceptors (Lipinski definition) is 4. The Balaban J connectivity index is 1.60. The molecule has 1 saturated heterocycles. The summed E-state index contributed by atoms with van der Waals surface area (Å²) >= 11 is 0. The molecular formula is C19H22N2O3. The lowest BCUT2D eigenvalue weighted by Gasteiger charge is -2.31. The molecule has 0 unspecified atom stereocenters. The van der Waals surface area contributed by atoms with Gasteiger partial charge in [-0.05, 0) is 37.3 Å². The zero-order valence-corrected chi connectivity index (χ0v) is 14.1. The van der Waals surface area contributed by atoms with Crippen LogP contribution in [0.15, 0.2) is 41.3 Å². The van der Waals surface area contributed by atoms with Gasteiger partial charge in [-0.3, -0.25) is 4.79 Å². The zero-order chi connectivity index (χ0) is 17.1. The number of piperidine rings is 1. The van der Waals surface area contributed by atoms with E-state index in [-0.39, 0.29) is 12.0 Å². The predicted octanol–water partition coefficient (Wildman–Crippen LogP) is 3.51. The lowest BCUT2D eigenvalue weighted by atomic mass is 10.1. The molecule has 0 saturated carbocycles. The van der Waals surface area contributed by atoms with Crippen molar-refractivity contribution in [1.29, 1.82) is 0 Å². The summed E-state index contributed by atoms with van der Waals surface area (Å²) in [5.41, 5.74) is 1.88. The van der Waals surface area contributed by atoms with Crippen LogP contribution in [-0.4, -0.2) is 35.0 Å². The van der Waals surface area contributed by atoms with Crippen LogP contribution in [0.3, 0.4) is 0 Å². The van der Waals surface area contributed by atoms with E-state index in [0.29, 0.717) is 19.0 Å². The van der Waals surface area contributed by atoms with Crippen molar-refractivity contribution < 1.29 is 13.9 Å². The SMILES string of the molecule is C=CC(=O)N1CCC(Oc2ccc(-c3oc(C)nc3C)cc2)CC1. The Morgan fingerprint density at radius 1 is 1.29 bits per heavy atom. The molecule has 0 radical (unpaired) electrons. The highest BCUT2D eigenvalue weighted by molar-refractivity contribution is 5.87. The van der Waals surface area contributed by atoms with Gasteiger partial charge < -0.3 is 14.1 Å². The molecule has 0 N–H and O–H groups in total. The van der Waals surface area contributed by atoms with Gasteiger partial charge in [0.05, 0.1) is 5.69 Å². The summed E-state index contributed by atoms with van der Waals surface area (Å²) in [6.07, 6.45) is 3.18. The number of hydrogen-bond donors (Lipinski definition) is 0. The molecule has 0 spiro atoms. The summed E-state index contributed by atoms with van der Waals surface area (Å²) in [5, 5.41) is 0. The molecule has 24 heavy (non-hydrogen) atoms. The van der Waals surface area contributed by atoms with Crippen molar-refractivity contribution in [2.75, 3.05) is 13.1 Å². The molecule has 126 valence electrons. The molecule has 1 aromatic carbocycles. The molecule has 0 bridgehead atoms. The number of nitrogens with zero attached hydrogens (tertiary/aromatic N) is 2. The number of aromatic nitrogens is 1. The molecule has 3 rings (SSSR count). The number of oxazole rings is 1. The lowest BCUT2D eigenvalue weighted by Crippen LogP contribution is -2.41. The van der Waals surface area contributed by atoms with E-state index >= 15 is 0 Å². The first-order valence-electron chi connectivity index (χ1n) is 8.19. The second kappa shape index (κ2) is 6.91. The second-order valence-corrected chi connectivity index (χ2v) is 6.02. The third-order valence-electron chi connectivity index (χ3n) is 4.25. The first kappa shape index (κ1) is 16.3. The molecule has 1 amide bonds. The smallest absolute Gasteiger partial charge is 0.245 e. The van der Waals surface area contributed by atoms with Gasteiger partial charge in [0.25, 0.3) is 0 Å². The topological polar surface area (TPSA) is 55.6 Å². The maximum atomic E-state index is 11.6. The molecule has 2 aromatic rings. The number of aryl methyl sites for hydroxylation is 2. The van der Waals surface area contributed by atoms with E-state index in [0.717, 1.165) is 35.6 Å². The number of carbonyl (C=O) groups is 1. The van der Waals surface area contributed by atoms with Crippen LogP contribution in [0.2, 0.25) is 0 Å². The Kier molecular flexibility index (Phi) is 4.69. The van der Waals surface area contributed by atoms with Gasteiger partial charge in [-0.1, -0.05) is 6.58 Å². The summed E-state index contributed by atoms with van der Waals surface area (Å²) in [7, 11) is 0. The van der Waals surface area contributed by atoms with Gasteiger partial charge in [-0.2, -0.15) is 0 Å². The zero-order valence-electron chi connectivity index (χ0n) is 14.1. The van der Waals surface area contributed by atoms with Gasteiger partial charge in [0.15, 0.2) is 11.7 Å². The van der Waals surface area contributed by atoms with Crippen molar-refractivity contribution in [3.8, 4) is 17.1 Å². The van der Waals surface area contributed by atoms with Crippen LogP contribution >= 0.6 is 0 Å². The van der Waals surface area contributed by atoms with Crippen LogP contribution in [-0.2, 0) is 4.79 Å². The van der Waals surface area contributed by atoms with Crippen molar-refractivity contribution >= 4 is 5.91 Å². The van der Waals surface area contributed by atoms with E-state index in [9.17, 15) is 4.79 Å². The van der Waals surface area contributed by atoms with Crippen LogP contribution in [0.5, 0.6) is 5.75 Å². The molecule has 5 heteroatoms. The average molecular weight is 326 g/mol. The second-order valence-electron chi connectivity index (χ2n) is 6.02. The van der Waals surface area contributed by atoms with Gasteiger partial charge in [-0.15, -0.1) is 0 Å². The van der Waals surface area contributed by atoms with Crippen LogP contribution in [0.25, 0.3) is 11.3 Å². The van der Waals surface area contributed by atoms with Gasteiger partial charge in [0, 0.05) is 38.4 Å². The van der Waals surface area contributed by atoms with Gasteiger partial charge >= 0.3 is 0 Å². The fourth-order valence-electron chi connectivity index (χ4n) is 3.00. The normalized spacial score (nSPS) is 15.3. The maximum Gasteiger partial charge on any atom is 0.245 e. The van der Waals surface area contributed by atoms with Crippen molar-refractivity contribution in [2.24, 2.45) is 0 Å². The first-order valence-corrected chi connectivity index (χ1v) is 8.19. The molecule has 1 aliphatic rings. The third kappa shape index (κ3) is 3.50. The van der Waals surface area contributed by atoms with E-state index in [4.69, 9.17) is 9.15 Å². The van der Waals surface area contributed by atoms with E-state index in [1.807, 2.05) is 43.0 Å². The third-order valence-corrected chi connectivity index (χ3v) is 4.25. The van der Waals surface area contributed by atoms with Crippen LogP contribution < -0.4 is 4.74 Å². The van der Waals surface area contributed by atoms with E-state index < -0.39 is 0 Å². The van der Waals surface area contributed by atoms with Gasteiger partial charge in [-0.25, -0.2) is 4.98 Å². The minimum Gasteiger partial charge on any atom is -0.490 e. The van der Waals surface area contributed by atoms with E-state index in [1.165, 1.54) is 6.08 Å². The Morgan fingerprint density at radius 2 is 1.96 bits per heavy atom. The minimum atomic E-state index is -0.00414. The molecule has 0 aliphatic carbocycles. The van der Waals surface area contributed by atoms with Crippen molar-refractivity contribution in [1.82, 2.24) is 9.88 Å².